The molecular formula is C10H18N2O2. The van der Waals surface area contributed by atoms with E-state index in [1.807, 2.05) is 20.8 Å². The maximum absolute atomic E-state index is 9.83. The van der Waals surface area contributed by atoms with Crippen molar-refractivity contribution in [2.75, 3.05) is 0 Å². The first-order valence-corrected chi connectivity index (χ1v) is 4.67. The molecular weight excluding hydrogens is 180 g/mol. The van der Waals surface area contributed by atoms with Crippen LogP contribution in [0.4, 0.5) is 0 Å². The molecule has 0 spiro atoms. The molecule has 1 rings (SSSR count). The second-order valence-electron chi connectivity index (χ2n) is 4.70. The van der Waals surface area contributed by atoms with Crippen molar-refractivity contribution in [1.29, 1.82) is 0 Å². The Morgan fingerprint density at radius 2 is 1.93 bits per heavy atom. The molecule has 2 atom stereocenters. The monoisotopic (exact) mass is 198 g/mol. The number of rotatable bonds is 2. The molecule has 0 amide bonds. The van der Waals surface area contributed by atoms with E-state index in [0.29, 0.717) is 5.56 Å². The summed E-state index contributed by atoms with van der Waals surface area (Å²) in [5.74, 6) is 0. The Labute approximate surface area is 84.2 Å². The van der Waals surface area contributed by atoms with Crippen LogP contribution in [0.3, 0.4) is 0 Å². The molecule has 0 aliphatic heterocycles. The number of nitrogens with zero attached hydrogens (tertiary/aromatic N) is 2. The summed E-state index contributed by atoms with van der Waals surface area (Å²) < 4.78 is 1.61. The summed E-state index contributed by atoms with van der Waals surface area (Å²) in [4.78, 5) is 0. The summed E-state index contributed by atoms with van der Waals surface area (Å²) in [6, 6.07) is 0. The van der Waals surface area contributed by atoms with Crippen molar-refractivity contribution in [2.45, 2.75) is 33.0 Å². The smallest absolute Gasteiger partial charge is 0.108 e. The van der Waals surface area contributed by atoms with Gasteiger partial charge in [-0.1, -0.05) is 20.8 Å². The van der Waals surface area contributed by atoms with Crippen molar-refractivity contribution in [3.63, 3.8) is 0 Å². The molecule has 2 unspecified atom stereocenters. The second-order valence-corrected chi connectivity index (χ2v) is 4.70. The summed E-state index contributed by atoms with van der Waals surface area (Å²) >= 11 is 0. The molecule has 4 nitrogen and oxygen atoms in total. The van der Waals surface area contributed by atoms with Crippen molar-refractivity contribution in [1.82, 2.24) is 9.78 Å². The second kappa shape index (κ2) is 3.71. The quantitative estimate of drug-likeness (QED) is 0.741. The van der Waals surface area contributed by atoms with Gasteiger partial charge in [0, 0.05) is 18.8 Å². The summed E-state index contributed by atoms with van der Waals surface area (Å²) in [5, 5.41) is 23.6. The summed E-state index contributed by atoms with van der Waals surface area (Å²) in [6.45, 7) is 5.66. The van der Waals surface area contributed by atoms with Crippen molar-refractivity contribution in [2.24, 2.45) is 12.5 Å². The summed E-state index contributed by atoms with van der Waals surface area (Å²) in [7, 11) is 1.78. The first-order chi connectivity index (χ1) is 6.32. The zero-order valence-corrected chi connectivity index (χ0v) is 9.10. The van der Waals surface area contributed by atoms with E-state index in [4.69, 9.17) is 0 Å². The van der Waals surface area contributed by atoms with Gasteiger partial charge in [-0.25, -0.2) is 0 Å². The van der Waals surface area contributed by atoms with Crippen molar-refractivity contribution in [3.05, 3.63) is 18.0 Å². The molecule has 80 valence electrons. The molecule has 0 aliphatic rings. The summed E-state index contributed by atoms with van der Waals surface area (Å²) in [6.07, 6.45) is 1.62. The molecule has 0 radical (unpaired) electrons. The molecule has 0 aliphatic carbocycles. The van der Waals surface area contributed by atoms with E-state index in [0.717, 1.165) is 0 Å². The molecule has 4 heteroatoms. The Morgan fingerprint density at radius 1 is 1.36 bits per heavy atom. The van der Waals surface area contributed by atoms with Gasteiger partial charge in [0.15, 0.2) is 0 Å². The van der Waals surface area contributed by atoms with Gasteiger partial charge < -0.3 is 10.2 Å². The van der Waals surface area contributed by atoms with E-state index in [1.54, 1.807) is 24.1 Å². The first-order valence-electron chi connectivity index (χ1n) is 4.67. The lowest BCUT2D eigenvalue weighted by Crippen LogP contribution is -2.32. The van der Waals surface area contributed by atoms with E-state index in [-0.39, 0.29) is 5.41 Å². The van der Waals surface area contributed by atoms with Crippen molar-refractivity contribution in [3.8, 4) is 0 Å². The minimum atomic E-state index is -0.872. The fourth-order valence-corrected chi connectivity index (χ4v) is 1.25. The number of aryl methyl sites for hydroxylation is 1. The Kier molecular flexibility index (Phi) is 2.97. The van der Waals surface area contributed by atoms with E-state index < -0.39 is 12.2 Å². The lowest BCUT2D eigenvalue weighted by Gasteiger charge is -2.29. The fourth-order valence-electron chi connectivity index (χ4n) is 1.25. The van der Waals surface area contributed by atoms with Crippen molar-refractivity contribution < 1.29 is 10.2 Å². The number of hydrogen-bond acceptors (Lipinski definition) is 3. The number of aliphatic hydroxyl groups excluding tert-OH is 2. The van der Waals surface area contributed by atoms with Crippen LogP contribution in [-0.2, 0) is 7.05 Å². The van der Waals surface area contributed by atoms with E-state index in [9.17, 15) is 10.2 Å². The van der Waals surface area contributed by atoms with Gasteiger partial charge >= 0.3 is 0 Å². The minimum absolute atomic E-state index is 0.338. The number of aliphatic hydroxyl groups is 2. The van der Waals surface area contributed by atoms with Gasteiger partial charge in [0.25, 0.3) is 0 Å². The zero-order valence-electron chi connectivity index (χ0n) is 9.10. The van der Waals surface area contributed by atoms with Gasteiger partial charge in [-0.3, -0.25) is 4.68 Å². The van der Waals surface area contributed by atoms with Crippen LogP contribution < -0.4 is 0 Å². The SMILES string of the molecule is Cn1cc(C(O)C(O)C(C)(C)C)cn1. The van der Waals surface area contributed by atoms with Crippen molar-refractivity contribution >= 4 is 0 Å². The molecule has 0 fully saturated rings. The van der Waals surface area contributed by atoms with Crippen LogP contribution in [-0.4, -0.2) is 26.1 Å². The van der Waals surface area contributed by atoms with Gasteiger partial charge in [0.05, 0.1) is 12.3 Å². The van der Waals surface area contributed by atoms with E-state index in [2.05, 4.69) is 5.10 Å². The Morgan fingerprint density at radius 3 is 2.29 bits per heavy atom. The topological polar surface area (TPSA) is 58.3 Å². The standard InChI is InChI=1S/C10H18N2O2/c1-10(2,3)9(14)8(13)7-5-11-12(4)6-7/h5-6,8-9,13-14H,1-4H3. The molecule has 0 saturated heterocycles. The number of aromatic nitrogens is 2. The molecule has 2 N–H and O–H groups in total. The van der Waals surface area contributed by atoms with Crippen LogP contribution in [0.5, 0.6) is 0 Å². The van der Waals surface area contributed by atoms with Gasteiger partial charge in [0.1, 0.15) is 6.10 Å². The lowest BCUT2D eigenvalue weighted by molar-refractivity contribution is -0.0458. The predicted molar refractivity (Wildman–Crippen MR) is 53.6 cm³/mol. The lowest BCUT2D eigenvalue weighted by atomic mass is 9.84. The van der Waals surface area contributed by atoms with Crippen LogP contribution in [0.15, 0.2) is 12.4 Å². The van der Waals surface area contributed by atoms with Crippen LogP contribution in [0, 0.1) is 5.41 Å². The molecule has 0 bridgehead atoms. The van der Waals surface area contributed by atoms with E-state index in [1.165, 1.54) is 0 Å². The maximum atomic E-state index is 9.83. The molecule has 0 saturated carbocycles. The van der Waals surface area contributed by atoms with Crippen LogP contribution in [0.1, 0.15) is 32.4 Å². The highest BCUT2D eigenvalue weighted by Crippen LogP contribution is 2.29. The highest BCUT2D eigenvalue weighted by Gasteiger charge is 2.30. The molecule has 1 heterocycles. The third kappa shape index (κ3) is 2.33. The van der Waals surface area contributed by atoms with Gasteiger partial charge in [-0.2, -0.15) is 5.10 Å². The Bertz CT molecular complexity index is 301. The van der Waals surface area contributed by atoms with Crippen LogP contribution >= 0.6 is 0 Å². The molecule has 1 aromatic rings. The van der Waals surface area contributed by atoms with E-state index >= 15 is 0 Å². The largest absolute Gasteiger partial charge is 0.390 e. The van der Waals surface area contributed by atoms with Gasteiger partial charge in [0.2, 0.25) is 0 Å². The number of hydrogen-bond donors (Lipinski definition) is 2. The maximum Gasteiger partial charge on any atom is 0.108 e. The normalized spacial score (nSPS) is 16.7. The average Bonchev–Trinajstić information content (AvgIpc) is 2.47. The average molecular weight is 198 g/mol. The predicted octanol–water partition coefficient (Wildman–Crippen LogP) is 0.860. The molecule has 1 aromatic heterocycles. The van der Waals surface area contributed by atoms with Crippen LogP contribution in [0.2, 0.25) is 0 Å². The van der Waals surface area contributed by atoms with Gasteiger partial charge in [-0.15, -0.1) is 0 Å². The first kappa shape index (κ1) is 11.2. The van der Waals surface area contributed by atoms with Crippen LogP contribution in [0.25, 0.3) is 0 Å². The zero-order chi connectivity index (χ0) is 10.9. The highest BCUT2D eigenvalue weighted by molar-refractivity contribution is 5.10. The van der Waals surface area contributed by atoms with Gasteiger partial charge in [-0.05, 0) is 5.41 Å². The Hall–Kier alpha value is -0.870. The molecule has 14 heavy (non-hydrogen) atoms. The molecule has 0 aromatic carbocycles. The fraction of sp³-hybridized carbons (Fsp3) is 0.700. The highest BCUT2D eigenvalue weighted by atomic mass is 16.3. The third-order valence-corrected chi connectivity index (χ3v) is 2.25. The third-order valence-electron chi connectivity index (χ3n) is 2.25. The minimum Gasteiger partial charge on any atom is -0.390 e. The Balaban J connectivity index is 2.80. The summed E-state index contributed by atoms with van der Waals surface area (Å²) in [5.41, 5.74) is 0.310.